The van der Waals surface area contributed by atoms with Gasteiger partial charge in [-0.1, -0.05) is 31.1 Å². The molecule has 2 aromatic rings. The van der Waals surface area contributed by atoms with Crippen molar-refractivity contribution >= 4 is 27.0 Å². The van der Waals surface area contributed by atoms with E-state index in [9.17, 15) is 8.42 Å². The van der Waals surface area contributed by atoms with Gasteiger partial charge in [-0.05, 0) is 29.0 Å². The van der Waals surface area contributed by atoms with Gasteiger partial charge in [-0.25, -0.2) is 8.42 Å². The molecule has 23 heavy (non-hydrogen) atoms. The van der Waals surface area contributed by atoms with Crippen molar-refractivity contribution < 1.29 is 18.4 Å². The lowest BCUT2D eigenvalue weighted by molar-refractivity contribution is 0.321. The van der Waals surface area contributed by atoms with Gasteiger partial charge in [0.05, 0.1) is 18.2 Å². The molecule has 0 bridgehead atoms. The zero-order chi connectivity index (χ0) is 17.0. The van der Waals surface area contributed by atoms with Crippen LogP contribution in [0.15, 0.2) is 40.4 Å². The predicted molar refractivity (Wildman–Crippen MR) is 90.0 cm³/mol. The van der Waals surface area contributed by atoms with E-state index in [1.807, 2.05) is 13.8 Å². The van der Waals surface area contributed by atoms with E-state index in [-0.39, 0.29) is 4.90 Å². The molecule has 0 aliphatic heterocycles. The monoisotopic (exact) mass is 336 g/mol. The molecule has 0 radical (unpaired) electrons. The van der Waals surface area contributed by atoms with Gasteiger partial charge in [-0.3, -0.25) is 0 Å². The lowest BCUT2D eigenvalue weighted by Gasteiger charge is -2.19. The highest BCUT2D eigenvalue weighted by atomic mass is 32.2. The summed E-state index contributed by atoms with van der Waals surface area (Å²) < 4.78 is 31.9. The van der Waals surface area contributed by atoms with Crippen molar-refractivity contribution in [1.29, 1.82) is 0 Å². The van der Waals surface area contributed by atoms with E-state index in [4.69, 9.17) is 9.94 Å². The van der Waals surface area contributed by atoms with Crippen LogP contribution in [-0.2, 0) is 10.0 Å². The van der Waals surface area contributed by atoms with Gasteiger partial charge in [0.1, 0.15) is 5.75 Å². The molecule has 7 heteroatoms. The minimum atomic E-state index is -3.51. The number of nitrogens with zero attached hydrogens (tertiary/aromatic N) is 2. The Morgan fingerprint density at radius 3 is 2.48 bits per heavy atom. The average molecular weight is 336 g/mol. The number of rotatable bonds is 6. The summed E-state index contributed by atoms with van der Waals surface area (Å²) in [5, 5.41) is 13.4. The zero-order valence-electron chi connectivity index (χ0n) is 13.4. The molecule has 2 rings (SSSR count). The Morgan fingerprint density at radius 1 is 1.22 bits per heavy atom. The Hall–Kier alpha value is -2.12. The molecule has 0 saturated carbocycles. The highest BCUT2D eigenvalue weighted by molar-refractivity contribution is 7.89. The standard InChI is InChI=1S/C16H20N2O4S/c1-4-18(5-2)23(20,21)13-7-8-14-12(10-13)6-9-16(22-3)15(14)11-17-19/h6-11,19H,4-5H2,1-3H3. The molecular formula is C16H20N2O4S. The van der Waals surface area contributed by atoms with Gasteiger partial charge in [0, 0.05) is 18.7 Å². The molecule has 0 aliphatic rings. The van der Waals surface area contributed by atoms with E-state index in [2.05, 4.69) is 5.16 Å². The topological polar surface area (TPSA) is 79.2 Å². The second kappa shape index (κ2) is 6.97. The average Bonchev–Trinajstić information content (AvgIpc) is 2.55. The SMILES string of the molecule is CCN(CC)S(=O)(=O)c1ccc2c(C=NO)c(OC)ccc2c1. The first-order chi connectivity index (χ1) is 11.0. The lowest BCUT2D eigenvalue weighted by atomic mass is 10.0. The first-order valence-electron chi connectivity index (χ1n) is 7.27. The van der Waals surface area contributed by atoms with E-state index in [1.165, 1.54) is 17.6 Å². The van der Waals surface area contributed by atoms with Gasteiger partial charge in [0.2, 0.25) is 10.0 Å². The number of sulfonamides is 1. The molecule has 0 atom stereocenters. The third kappa shape index (κ3) is 3.16. The molecule has 0 spiro atoms. The first-order valence-corrected chi connectivity index (χ1v) is 8.71. The van der Waals surface area contributed by atoms with Gasteiger partial charge in [-0.15, -0.1) is 0 Å². The van der Waals surface area contributed by atoms with Crippen LogP contribution in [0.25, 0.3) is 10.8 Å². The van der Waals surface area contributed by atoms with Crippen molar-refractivity contribution in [3.63, 3.8) is 0 Å². The Kier molecular flexibility index (Phi) is 5.23. The second-order valence-corrected chi connectivity index (χ2v) is 6.84. The number of hydrogen-bond donors (Lipinski definition) is 1. The molecule has 6 nitrogen and oxygen atoms in total. The van der Waals surface area contributed by atoms with Crippen LogP contribution in [0.5, 0.6) is 5.75 Å². The first kappa shape index (κ1) is 17.2. The van der Waals surface area contributed by atoms with E-state index < -0.39 is 10.0 Å². The summed E-state index contributed by atoms with van der Waals surface area (Å²) in [6.07, 6.45) is 1.28. The fourth-order valence-corrected chi connectivity index (χ4v) is 4.05. The summed E-state index contributed by atoms with van der Waals surface area (Å²) in [7, 11) is -1.99. The van der Waals surface area contributed by atoms with E-state index in [1.54, 1.807) is 30.3 Å². The van der Waals surface area contributed by atoms with Crippen molar-refractivity contribution in [2.75, 3.05) is 20.2 Å². The summed E-state index contributed by atoms with van der Waals surface area (Å²) in [6.45, 7) is 4.45. The van der Waals surface area contributed by atoms with E-state index in [0.29, 0.717) is 24.4 Å². The maximum absolute atomic E-state index is 12.6. The van der Waals surface area contributed by atoms with E-state index >= 15 is 0 Å². The van der Waals surface area contributed by atoms with Crippen molar-refractivity contribution in [2.24, 2.45) is 5.16 Å². The lowest BCUT2D eigenvalue weighted by Crippen LogP contribution is -2.30. The number of oxime groups is 1. The normalized spacial score (nSPS) is 12.3. The van der Waals surface area contributed by atoms with Gasteiger partial charge in [0.15, 0.2) is 0 Å². The molecule has 1 N–H and O–H groups in total. The van der Waals surface area contributed by atoms with Crippen molar-refractivity contribution in [1.82, 2.24) is 4.31 Å². The summed E-state index contributed by atoms with van der Waals surface area (Å²) in [6, 6.07) is 8.38. The molecule has 2 aromatic carbocycles. The summed E-state index contributed by atoms with van der Waals surface area (Å²) in [5.41, 5.74) is 0.597. The molecule has 0 aliphatic carbocycles. The minimum Gasteiger partial charge on any atom is -0.496 e. The number of fused-ring (bicyclic) bond motifs is 1. The van der Waals surface area contributed by atoms with Crippen molar-refractivity contribution in [3.8, 4) is 5.75 Å². The third-order valence-electron chi connectivity index (χ3n) is 3.74. The summed E-state index contributed by atoms with van der Waals surface area (Å²) in [4.78, 5) is 0.241. The number of hydrogen-bond acceptors (Lipinski definition) is 5. The van der Waals surface area contributed by atoms with Crippen LogP contribution < -0.4 is 4.74 Å². The van der Waals surface area contributed by atoms with Crippen LogP contribution in [0.4, 0.5) is 0 Å². The zero-order valence-corrected chi connectivity index (χ0v) is 14.2. The Morgan fingerprint density at radius 2 is 1.91 bits per heavy atom. The van der Waals surface area contributed by atoms with Crippen LogP contribution in [-0.4, -0.2) is 44.3 Å². The van der Waals surface area contributed by atoms with Crippen LogP contribution in [0, 0.1) is 0 Å². The van der Waals surface area contributed by atoms with E-state index in [0.717, 1.165) is 10.8 Å². The van der Waals surface area contributed by atoms with Crippen molar-refractivity contribution in [2.45, 2.75) is 18.7 Å². The Labute approximate surface area is 136 Å². The maximum atomic E-state index is 12.6. The molecule has 0 unspecified atom stereocenters. The fourth-order valence-electron chi connectivity index (χ4n) is 2.55. The summed E-state index contributed by atoms with van der Waals surface area (Å²) in [5.74, 6) is 0.551. The summed E-state index contributed by atoms with van der Waals surface area (Å²) >= 11 is 0. The van der Waals surface area contributed by atoms with Crippen LogP contribution >= 0.6 is 0 Å². The van der Waals surface area contributed by atoms with Crippen LogP contribution in [0.1, 0.15) is 19.4 Å². The minimum absolute atomic E-state index is 0.241. The molecular weight excluding hydrogens is 316 g/mol. The largest absolute Gasteiger partial charge is 0.496 e. The molecule has 0 heterocycles. The quantitative estimate of drug-likeness (QED) is 0.500. The number of ether oxygens (including phenoxy) is 1. The maximum Gasteiger partial charge on any atom is 0.243 e. The van der Waals surface area contributed by atoms with Crippen LogP contribution in [0.3, 0.4) is 0 Å². The third-order valence-corrected chi connectivity index (χ3v) is 5.79. The highest BCUT2D eigenvalue weighted by Gasteiger charge is 2.22. The van der Waals surface area contributed by atoms with Gasteiger partial charge >= 0.3 is 0 Å². The van der Waals surface area contributed by atoms with Gasteiger partial charge in [-0.2, -0.15) is 4.31 Å². The molecule has 124 valence electrons. The molecule has 0 amide bonds. The molecule has 0 fully saturated rings. The van der Waals surface area contributed by atoms with Gasteiger partial charge in [0.25, 0.3) is 0 Å². The van der Waals surface area contributed by atoms with Gasteiger partial charge < -0.3 is 9.94 Å². The highest BCUT2D eigenvalue weighted by Crippen LogP contribution is 2.29. The number of methoxy groups -OCH3 is 1. The Bertz CT molecular complexity index is 827. The molecule has 0 aromatic heterocycles. The van der Waals surface area contributed by atoms with Crippen molar-refractivity contribution in [3.05, 3.63) is 35.9 Å². The van der Waals surface area contributed by atoms with Crippen LogP contribution in [0.2, 0.25) is 0 Å². The number of benzene rings is 2. The predicted octanol–water partition coefficient (Wildman–Crippen LogP) is 2.69. The molecule has 0 saturated heterocycles. The smallest absolute Gasteiger partial charge is 0.243 e. The second-order valence-electron chi connectivity index (χ2n) is 4.90. The Balaban J connectivity index is 2.65. The fraction of sp³-hybridized carbons (Fsp3) is 0.312.